The van der Waals surface area contributed by atoms with Crippen LogP contribution in [0.1, 0.15) is 5.69 Å². The van der Waals surface area contributed by atoms with Crippen molar-refractivity contribution in [2.24, 2.45) is 0 Å². The Labute approximate surface area is 155 Å². The number of pyridine rings is 1. The van der Waals surface area contributed by atoms with Crippen LogP contribution < -0.4 is 5.32 Å². The van der Waals surface area contributed by atoms with E-state index < -0.39 is 0 Å². The Morgan fingerprint density at radius 2 is 1.85 bits per heavy atom. The summed E-state index contributed by atoms with van der Waals surface area (Å²) in [6.07, 6.45) is 3.95. The molecule has 0 radical (unpaired) electrons. The molecule has 3 aromatic heterocycles. The number of thiophene rings is 1. The summed E-state index contributed by atoms with van der Waals surface area (Å²) in [6.45, 7) is -0.00223. The second kappa shape index (κ2) is 7.59. The maximum Gasteiger partial charge on any atom is 0.138 e. The van der Waals surface area contributed by atoms with Crippen LogP contribution in [-0.2, 0) is 6.42 Å². The lowest BCUT2D eigenvalue weighted by Crippen LogP contribution is -2.27. The Hall–Kier alpha value is -2.83. The van der Waals surface area contributed by atoms with Crippen LogP contribution >= 0.6 is 11.3 Å². The Morgan fingerprint density at radius 3 is 2.62 bits per heavy atom. The van der Waals surface area contributed by atoms with Gasteiger partial charge in [0.1, 0.15) is 17.0 Å². The van der Waals surface area contributed by atoms with Crippen LogP contribution in [0.2, 0.25) is 0 Å². The van der Waals surface area contributed by atoms with Crippen LogP contribution in [0, 0.1) is 0 Å². The van der Waals surface area contributed by atoms with E-state index in [0.717, 1.165) is 32.2 Å². The van der Waals surface area contributed by atoms with E-state index >= 15 is 0 Å². The molecule has 1 atom stereocenters. The molecule has 4 rings (SSSR count). The van der Waals surface area contributed by atoms with E-state index in [0.29, 0.717) is 6.42 Å². The lowest BCUT2D eigenvalue weighted by molar-refractivity contribution is 0.273. The van der Waals surface area contributed by atoms with Crippen molar-refractivity contribution >= 4 is 27.4 Å². The van der Waals surface area contributed by atoms with E-state index in [2.05, 4.69) is 38.5 Å². The van der Waals surface area contributed by atoms with E-state index in [1.54, 1.807) is 23.9 Å². The van der Waals surface area contributed by atoms with Crippen molar-refractivity contribution in [2.45, 2.75) is 12.5 Å². The number of anilines is 1. The molecule has 0 aliphatic rings. The topological polar surface area (TPSA) is 70.9 Å². The third-order valence-electron chi connectivity index (χ3n) is 4.13. The molecule has 5 nitrogen and oxygen atoms in total. The Bertz CT molecular complexity index is 989. The molecule has 0 saturated carbocycles. The number of fused-ring (bicyclic) bond motifs is 1. The summed E-state index contributed by atoms with van der Waals surface area (Å²) >= 11 is 1.64. The van der Waals surface area contributed by atoms with Gasteiger partial charge in [-0.1, -0.05) is 36.4 Å². The molecule has 0 spiro atoms. The van der Waals surface area contributed by atoms with Gasteiger partial charge in [0.25, 0.3) is 0 Å². The third-order valence-corrected chi connectivity index (χ3v) is 5.22. The highest BCUT2D eigenvalue weighted by atomic mass is 32.1. The van der Waals surface area contributed by atoms with Crippen LogP contribution in [-0.4, -0.2) is 32.7 Å². The third kappa shape index (κ3) is 3.56. The minimum absolute atomic E-state index is 0.00223. The Morgan fingerprint density at radius 1 is 1.00 bits per heavy atom. The van der Waals surface area contributed by atoms with E-state index in [4.69, 9.17) is 0 Å². The van der Waals surface area contributed by atoms with E-state index in [-0.39, 0.29) is 12.6 Å². The number of aromatic nitrogens is 3. The molecule has 0 amide bonds. The van der Waals surface area contributed by atoms with Crippen molar-refractivity contribution in [2.75, 3.05) is 11.9 Å². The molecular formula is C20H18N4OS. The average molecular weight is 362 g/mol. The lowest BCUT2D eigenvalue weighted by atomic mass is 10.1. The first-order valence-corrected chi connectivity index (χ1v) is 9.22. The van der Waals surface area contributed by atoms with Gasteiger partial charge >= 0.3 is 0 Å². The molecule has 0 fully saturated rings. The molecule has 0 unspecified atom stereocenters. The molecule has 0 aliphatic carbocycles. The monoisotopic (exact) mass is 362 g/mol. The minimum Gasteiger partial charge on any atom is -0.394 e. The Balaban J connectivity index is 1.62. The number of aliphatic hydroxyl groups is 1. The average Bonchev–Trinajstić information content (AvgIpc) is 3.14. The van der Waals surface area contributed by atoms with E-state index in [9.17, 15) is 5.11 Å². The summed E-state index contributed by atoms with van der Waals surface area (Å²) in [5.41, 5.74) is 2.09. The van der Waals surface area contributed by atoms with Crippen LogP contribution in [0.5, 0.6) is 0 Å². The van der Waals surface area contributed by atoms with Crippen LogP contribution in [0.4, 0.5) is 5.82 Å². The first kappa shape index (κ1) is 16.6. The normalized spacial score (nSPS) is 12.2. The molecule has 0 saturated heterocycles. The Kier molecular flexibility index (Phi) is 4.86. The molecule has 2 N–H and O–H groups in total. The number of benzene rings is 1. The zero-order chi connectivity index (χ0) is 17.8. The molecule has 130 valence electrons. The lowest BCUT2D eigenvalue weighted by Gasteiger charge is -2.16. The highest BCUT2D eigenvalue weighted by molar-refractivity contribution is 7.21. The van der Waals surface area contributed by atoms with Gasteiger partial charge in [-0.15, -0.1) is 11.3 Å². The molecule has 1 aromatic carbocycles. The summed E-state index contributed by atoms with van der Waals surface area (Å²) in [5, 5.41) is 14.1. The molecular weight excluding hydrogens is 344 g/mol. The fourth-order valence-electron chi connectivity index (χ4n) is 2.84. The number of nitrogens with zero attached hydrogens (tertiary/aromatic N) is 3. The van der Waals surface area contributed by atoms with Crippen molar-refractivity contribution in [3.63, 3.8) is 0 Å². The van der Waals surface area contributed by atoms with Crippen molar-refractivity contribution in [3.8, 4) is 10.4 Å². The minimum atomic E-state index is -0.164. The molecule has 4 aromatic rings. The number of rotatable bonds is 6. The highest BCUT2D eigenvalue weighted by Gasteiger charge is 2.14. The predicted molar refractivity (Wildman–Crippen MR) is 105 cm³/mol. The second-order valence-electron chi connectivity index (χ2n) is 5.97. The SMILES string of the molecule is OC[C@H](Cc1ccccn1)Nc1ncnc2sc(-c3ccccc3)cc12. The largest absolute Gasteiger partial charge is 0.394 e. The van der Waals surface area contributed by atoms with Crippen LogP contribution in [0.25, 0.3) is 20.7 Å². The van der Waals surface area contributed by atoms with Gasteiger partial charge in [-0.3, -0.25) is 4.98 Å². The van der Waals surface area contributed by atoms with E-state index in [1.807, 2.05) is 36.4 Å². The molecule has 3 heterocycles. The number of hydrogen-bond acceptors (Lipinski definition) is 6. The summed E-state index contributed by atoms with van der Waals surface area (Å²) in [4.78, 5) is 15.2. The smallest absolute Gasteiger partial charge is 0.138 e. The first-order chi connectivity index (χ1) is 12.8. The van der Waals surface area contributed by atoms with E-state index in [1.165, 1.54) is 0 Å². The first-order valence-electron chi connectivity index (χ1n) is 8.41. The summed E-state index contributed by atoms with van der Waals surface area (Å²) < 4.78 is 0. The summed E-state index contributed by atoms with van der Waals surface area (Å²) in [6, 6.07) is 18.0. The maximum atomic E-state index is 9.77. The zero-order valence-corrected chi connectivity index (χ0v) is 14.9. The van der Waals surface area contributed by atoms with Gasteiger partial charge in [0.2, 0.25) is 0 Å². The number of hydrogen-bond donors (Lipinski definition) is 2. The van der Waals surface area contributed by atoms with Crippen molar-refractivity contribution in [3.05, 3.63) is 72.8 Å². The molecule has 0 bridgehead atoms. The summed E-state index contributed by atoms with van der Waals surface area (Å²) in [5.74, 6) is 0.739. The van der Waals surface area contributed by atoms with Crippen molar-refractivity contribution in [1.82, 2.24) is 15.0 Å². The highest BCUT2D eigenvalue weighted by Crippen LogP contribution is 2.35. The van der Waals surface area contributed by atoms with Crippen LogP contribution in [0.3, 0.4) is 0 Å². The van der Waals surface area contributed by atoms with Gasteiger partial charge in [-0.05, 0) is 23.8 Å². The second-order valence-corrected chi connectivity index (χ2v) is 7.00. The van der Waals surface area contributed by atoms with Gasteiger partial charge in [0, 0.05) is 23.2 Å². The summed E-state index contributed by atoms with van der Waals surface area (Å²) in [7, 11) is 0. The van der Waals surface area contributed by atoms with Crippen LogP contribution in [0.15, 0.2) is 67.1 Å². The van der Waals surface area contributed by atoms with Crippen molar-refractivity contribution in [1.29, 1.82) is 0 Å². The van der Waals surface area contributed by atoms with Gasteiger partial charge in [0.05, 0.1) is 18.0 Å². The molecule has 26 heavy (non-hydrogen) atoms. The van der Waals surface area contributed by atoms with Crippen molar-refractivity contribution < 1.29 is 5.11 Å². The fourth-order valence-corrected chi connectivity index (χ4v) is 3.85. The predicted octanol–water partition coefficient (Wildman–Crippen LogP) is 3.77. The van der Waals surface area contributed by atoms with Gasteiger partial charge in [-0.25, -0.2) is 9.97 Å². The fraction of sp³-hybridized carbons (Fsp3) is 0.150. The molecule has 0 aliphatic heterocycles. The van der Waals surface area contributed by atoms with Gasteiger partial charge < -0.3 is 10.4 Å². The quantitative estimate of drug-likeness (QED) is 0.546. The zero-order valence-electron chi connectivity index (χ0n) is 14.0. The number of aliphatic hydroxyl groups excluding tert-OH is 1. The number of nitrogens with one attached hydrogen (secondary N) is 1. The standard InChI is InChI=1S/C20H18N4OS/c25-12-16(10-15-8-4-5-9-21-15)24-19-17-11-18(14-6-2-1-3-7-14)26-20(17)23-13-22-19/h1-9,11,13,16,25H,10,12H2,(H,22,23,24)/t16-/m0/s1. The van der Waals surface area contributed by atoms with Gasteiger partial charge in [0.15, 0.2) is 0 Å². The molecule has 6 heteroatoms. The maximum absolute atomic E-state index is 9.77. The van der Waals surface area contributed by atoms with Gasteiger partial charge in [-0.2, -0.15) is 0 Å².